The Labute approximate surface area is 137 Å². The lowest BCUT2D eigenvalue weighted by atomic mass is 10.0. The molecule has 2 amide bonds. The predicted molar refractivity (Wildman–Crippen MR) is 89.9 cm³/mol. The molecule has 0 unspecified atom stereocenters. The molecule has 0 bridgehead atoms. The molecule has 1 aliphatic heterocycles. The molecule has 1 fully saturated rings. The van der Waals surface area contributed by atoms with E-state index in [1.807, 2.05) is 31.3 Å². The quantitative estimate of drug-likeness (QED) is 0.923. The number of benzene rings is 1. The zero-order valence-corrected chi connectivity index (χ0v) is 14.0. The largest absolute Gasteiger partial charge is 0.453 e. The maximum absolute atomic E-state index is 12.3. The minimum Gasteiger partial charge on any atom is -0.453 e. The summed E-state index contributed by atoms with van der Waals surface area (Å²) in [4.78, 5) is 27.5. The van der Waals surface area contributed by atoms with Crippen LogP contribution in [0.2, 0.25) is 0 Å². The van der Waals surface area contributed by atoms with Crippen LogP contribution in [0, 0.1) is 0 Å². The van der Waals surface area contributed by atoms with Crippen LogP contribution < -0.4 is 10.2 Å². The topological polar surface area (TPSA) is 61.9 Å². The molecule has 126 valence electrons. The number of carbonyl (C=O) groups is 2. The Morgan fingerprint density at radius 2 is 1.87 bits per heavy atom. The van der Waals surface area contributed by atoms with Gasteiger partial charge in [-0.3, -0.25) is 4.79 Å². The van der Waals surface area contributed by atoms with Crippen LogP contribution in [0.3, 0.4) is 0 Å². The summed E-state index contributed by atoms with van der Waals surface area (Å²) in [5.74, 6) is -0.0628. The number of hydrogen-bond donors (Lipinski definition) is 1. The third kappa shape index (κ3) is 4.37. The van der Waals surface area contributed by atoms with E-state index in [-0.39, 0.29) is 18.0 Å². The molecule has 6 nitrogen and oxygen atoms in total. The SMILES string of the molecule is CCN(C)c1ccc(C(=O)NC2CCN(C(=O)OC)CC2)cc1. The van der Waals surface area contributed by atoms with Gasteiger partial charge < -0.3 is 19.9 Å². The molecule has 1 aromatic carbocycles. The molecule has 6 heteroatoms. The fraction of sp³-hybridized carbons (Fsp3) is 0.529. The lowest BCUT2D eigenvalue weighted by molar-refractivity contribution is 0.0892. The van der Waals surface area contributed by atoms with Gasteiger partial charge in [-0.15, -0.1) is 0 Å². The van der Waals surface area contributed by atoms with E-state index in [0.29, 0.717) is 18.7 Å². The number of nitrogens with one attached hydrogen (secondary N) is 1. The van der Waals surface area contributed by atoms with Gasteiger partial charge in [0.15, 0.2) is 0 Å². The lowest BCUT2D eigenvalue weighted by Crippen LogP contribution is -2.46. The summed E-state index contributed by atoms with van der Waals surface area (Å²) in [6.07, 6.45) is 1.19. The minimum absolute atomic E-state index is 0.0628. The highest BCUT2D eigenvalue weighted by Crippen LogP contribution is 2.15. The number of methoxy groups -OCH3 is 1. The number of hydrogen-bond acceptors (Lipinski definition) is 4. The lowest BCUT2D eigenvalue weighted by Gasteiger charge is -2.31. The van der Waals surface area contributed by atoms with Gasteiger partial charge in [-0.1, -0.05) is 0 Å². The summed E-state index contributed by atoms with van der Waals surface area (Å²) in [7, 11) is 3.40. The van der Waals surface area contributed by atoms with Crippen LogP contribution in [-0.4, -0.2) is 56.7 Å². The Morgan fingerprint density at radius 1 is 1.26 bits per heavy atom. The summed E-state index contributed by atoms with van der Waals surface area (Å²) < 4.78 is 4.71. The van der Waals surface area contributed by atoms with Crippen LogP contribution in [0.1, 0.15) is 30.1 Å². The first-order chi connectivity index (χ1) is 11.0. The van der Waals surface area contributed by atoms with E-state index < -0.39 is 0 Å². The summed E-state index contributed by atoms with van der Waals surface area (Å²) in [6, 6.07) is 7.71. The second-order valence-corrected chi connectivity index (χ2v) is 5.77. The second-order valence-electron chi connectivity index (χ2n) is 5.77. The predicted octanol–water partition coefficient (Wildman–Crippen LogP) is 2.10. The molecule has 1 saturated heterocycles. The molecule has 0 radical (unpaired) electrons. The van der Waals surface area contributed by atoms with Gasteiger partial charge in [0.2, 0.25) is 0 Å². The van der Waals surface area contributed by atoms with Crippen LogP contribution in [0.4, 0.5) is 10.5 Å². The van der Waals surface area contributed by atoms with Crippen LogP contribution in [-0.2, 0) is 4.74 Å². The Morgan fingerprint density at radius 3 is 2.39 bits per heavy atom. The van der Waals surface area contributed by atoms with E-state index >= 15 is 0 Å². The Hall–Kier alpha value is -2.24. The van der Waals surface area contributed by atoms with Gasteiger partial charge in [-0.05, 0) is 44.0 Å². The Bertz CT molecular complexity index is 537. The molecule has 0 atom stereocenters. The molecular weight excluding hydrogens is 294 g/mol. The number of nitrogens with zero attached hydrogens (tertiary/aromatic N) is 2. The number of anilines is 1. The maximum atomic E-state index is 12.3. The van der Waals surface area contributed by atoms with Gasteiger partial charge in [0.25, 0.3) is 5.91 Å². The highest BCUT2D eigenvalue weighted by Gasteiger charge is 2.24. The van der Waals surface area contributed by atoms with E-state index in [0.717, 1.165) is 25.1 Å². The van der Waals surface area contributed by atoms with E-state index in [9.17, 15) is 9.59 Å². The van der Waals surface area contributed by atoms with E-state index in [2.05, 4.69) is 17.1 Å². The van der Waals surface area contributed by atoms with Gasteiger partial charge in [0.05, 0.1) is 7.11 Å². The fourth-order valence-electron chi connectivity index (χ4n) is 2.65. The first-order valence-corrected chi connectivity index (χ1v) is 8.00. The van der Waals surface area contributed by atoms with Crippen LogP contribution in [0.25, 0.3) is 0 Å². The first kappa shape index (κ1) is 17.1. The molecule has 1 heterocycles. The summed E-state index contributed by atoms with van der Waals surface area (Å²) >= 11 is 0. The number of piperidine rings is 1. The fourth-order valence-corrected chi connectivity index (χ4v) is 2.65. The zero-order valence-electron chi connectivity index (χ0n) is 14.0. The van der Waals surface area contributed by atoms with Crippen molar-refractivity contribution in [3.05, 3.63) is 29.8 Å². The van der Waals surface area contributed by atoms with Crippen LogP contribution >= 0.6 is 0 Å². The molecule has 0 saturated carbocycles. The van der Waals surface area contributed by atoms with E-state index in [4.69, 9.17) is 4.74 Å². The van der Waals surface area contributed by atoms with Crippen LogP contribution in [0.5, 0.6) is 0 Å². The number of likely N-dealkylation sites (tertiary alicyclic amines) is 1. The third-order valence-electron chi connectivity index (χ3n) is 4.31. The molecule has 2 rings (SSSR count). The van der Waals surface area contributed by atoms with E-state index in [1.54, 1.807) is 4.90 Å². The van der Waals surface area contributed by atoms with Crippen molar-refractivity contribution in [3.63, 3.8) is 0 Å². The van der Waals surface area contributed by atoms with E-state index in [1.165, 1.54) is 7.11 Å². The van der Waals surface area contributed by atoms with Crippen molar-refractivity contribution in [2.24, 2.45) is 0 Å². The molecule has 0 spiro atoms. The smallest absolute Gasteiger partial charge is 0.409 e. The van der Waals surface area contributed by atoms with Crippen molar-refractivity contribution in [1.82, 2.24) is 10.2 Å². The van der Waals surface area contributed by atoms with Gasteiger partial charge in [-0.25, -0.2) is 4.79 Å². The molecule has 23 heavy (non-hydrogen) atoms. The van der Waals surface area contributed by atoms with Gasteiger partial charge in [0, 0.05) is 44.0 Å². The van der Waals surface area contributed by atoms with Gasteiger partial charge in [0.1, 0.15) is 0 Å². The van der Waals surface area contributed by atoms with Crippen molar-refractivity contribution >= 4 is 17.7 Å². The number of rotatable bonds is 4. The third-order valence-corrected chi connectivity index (χ3v) is 4.31. The number of carbonyl (C=O) groups excluding carboxylic acids is 2. The molecular formula is C17H25N3O3. The summed E-state index contributed by atoms with van der Waals surface area (Å²) in [6.45, 7) is 4.22. The summed E-state index contributed by atoms with van der Waals surface area (Å²) in [5, 5.41) is 3.04. The zero-order chi connectivity index (χ0) is 16.8. The highest BCUT2D eigenvalue weighted by molar-refractivity contribution is 5.94. The highest BCUT2D eigenvalue weighted by atomic mass is 16.5. The average molecular weight is 319 g/mol. The van der Waals surface area contributed by atoms with Gasteiger partial charge >= 0.3 is 6.09 Å². The monoisotopic (exact) mass is 319 g/mol. The van der Waals surface area contributed by atoms with Crippen LogP contribution in [0.15, 0.2) is 24.3 Å². The Kier molecular flexibility index (Phi) is 5.84. The number of amides is 2. The molecule has 0 aliphatic carbocycles. The number of ether oxygens (including phenoxy) is 1. The average Bonchev–Trinajstić information content (AvgIpc) is 2.61. The van der Waals surface area contributed by atoms with Crippen molar-refractivity contribution < 1.29 is 14.3 Å². The minimum atomic E-state index is -0.301. The van der Waals surface area contributed by atoms with Crippen molar-refractivity contribution in [3.8, 4) is 0 Å². The van der Waals surface area contributed by atoms with Gasteiger partial charge in [-0.2, -0.15) is 0 Å². The standard InChI is InChI=1S/C17H25N3O3/c1-4-19(2)15-7-5-13(6-8-15)16(21)18-14-9-11-20(12-10-14)17(22)23-3/h5-8,14H,4,9-12H2,1-3H3,(H,18,21). The normalized spacial score (nSPS) is 15.2. The molecule has 1 aromatic rings. The van der Waals surface area contributed by atoms with Crippen molar-refractivity contribution in [2.75, 3.05) is 38.7 Å². The maximum Gasteiger partial charge on any atom is 0.409 e. The van der Waals surface area contributed by atoms with Crippen molar-refractivity contribution in [1.29, 1.82) is 0 Å². The Balaban J connectivity index is 1.87. The molecule has 1 N–H and O–H groups in total. The second kappa shape index (κ2) is 7.85. The van der Waals surface area contributed by atoms with Crippen molar-refractivity contribution in [2.45, 2.75) is 25.8 Å². The first-order valence-electron chi connectivity index (χ1n) is 8.00. The molecule has 0 aromatic heterocycles. The molecule has 1 aliphatic rings. The summed E-state index contributed by atoms with van der Waals surface area (Å²) in [5.41, 5.74) is 1.75.